The number of nitrogens with one attached hydrogen (secondary N) is 1. The van der Waals surface area contributed by atoms with Gasteiger partial charge in [0.25, 0.3) is 11.5 Å². The molecule has 1 aliphatic rings. The van der Waals surface area contributed by atoms with Crippen LogP contribution < -0.4 is 15.6 Å². The molecule has 1 unspecified atom stereocenters. The average Bonchev–Trinajstić information content (AvgIpc) is 2.97. The maximum absolute atomic E-state index is 12.8. The van der Waals surface area contributed by atoms with E-state index in [2.05, 4.69) is 10.3 Å². The molecule has 2 amide bonds. The standard InChI is InChI=1S/C24H26N4O4/c1-27-15-25-21-13-17(6-8-20(21)24(27)31)23(30)26-18-7-9-22(29)28(11-10-18)14-16-4-3-5-19(12-16)32-2/h3-6,8,12-13,15,18H,7,9-11,14H2,1-2H3,(H,26,30). The van der Waals surface area contributed by atoms with Crippen LogP contribution in [-0.4, -0.2) is 46.0 Å². The van der Waals surface area contributed by atoms with E-state index in [1.165, 1.54) is 10.9 Å². The summed E-state index contributed by atoms with van der Waals surface area (Å²) < 4.78 is 6.67. The van der Waals surface area contributed by atoms with E-state index in [0.717, 1.165) is 11.3 Å². The highest BCUT2D eigenvalue weighted by Gasteiger charge is 2.24. The van der Waals surface area contributed by atoms with Crippen molar-refractivity contribution in [3.05, 3.63) is 70.3 Å². The molecule has 0 saturated carbocycles. The molecule has 3 aromatic rings. The number of amides is 2. The van der Waals surface area contributed by atoms with Gasteiger partial charge in [-0.25, -0.2) is 4.98 Å². The highest BCUT2D eigenvalue weighted by Crippen LogP contribution is 2.19. The van der Waals surface area contributed by atoms with Crippen LogP contribution in [0.3, 0.4) is 0 Å². The smallest absolute Gasteiger partial charge is 0.260 e. The Hall–Kier alpha value is -3.68. The van der Waals surface area contributed by atoms with E-state index in [1.807, 2.05) is 29.2 Å². The monoisotopic (exact) mass is 434 g/mol. The molecule has 8 heteroatoms. The molecule has 1 N–H and O–H groups in total. The average molecular weight is 434 g/mol. The van der Waals surface area contributed by atoms with Gasteiger partial charge < -0.3 is 19.5 Å². The summed E-state index contributed by atoms with van der Waals surface area (Å²) in [4.78, 5) is 43.7. The van der Waals surface area contributed by atoms with Gasteiger partial charge in [-0.2, -0.15) is 0 Å². The van der Waals surface area contributed by atoms with Crippen molar-refractivity contribution in [2.45, 2.75) is 31.8 Å². The molecule has 4 rings (SSSR count). The molecular weight excluding hydrogens is 408 g/mol. The van der Waals surface area contributed by atoms with Crippen molar-refractivity contribution < 1.29 is 14.3 Å². The minimum atomic E-state index is -0.229. The van der Waals surface area contributed by atoms with E-state index < -0.39 is 0 Å². The third-order valence-electron chi connectivity index (χ3n) is 5.83. The van der Waals surface area contributed by atoms with Crippen LogP contribution in [0.2, 0.25) is 0 Å². The number of carbonyl (C=O) groups is 2. The fourth-order valence-electron chi connectivity index (χ4n) is 3.96. The number of hydrogen-bond acceptors (Lipinski definition) is 5. The molecule has 0 radical (unpaired) electrons. The zero-order valence-electron chi connectivity index (χ0n) is 18.2. The SMILES string of the molecule is COc1cccc(CN2CCC(NC(=O)c3ccc4c(=O)n(C)cnc4c3)CCC2=O)c1. The Balaban J connectivity index is 1.41. The molecule has 2 heterocycles. The van der Waals surface area contributed by atoms with Crippen LogP contribution in [0.15, 0.2) is 53.6 Å². The number of fused-ring (bicyclic) bond motifs is 1. The summed E-state index contributed by atoms with van der Waals surface area (Å²) in [5.41, 5.74) is 1.79. The van der Waals surface area contributed by atoms with Gasteiger partial charge in [0.05, 0.1) is 24.3 Å². The molecule has 0 bridgehead atoms. The van der Waals surface area contributed by atoms with Crippen LogP contribution in [0.5, 0.6) is 5.75 Å². The largest absolute Gasteiger partial charge is 0.497 e. The molecular formula is C24H26N4O4. The lowest BCUT2D eigenvalue weighted by Crippen LogP contribution is -2.36. The number of carbonyl (C=O) groups excluding carboxylic acids is 2. The summed E-state index contributed by atoms with van der Waals surface area (Å²) in [6, 6.07) is 12.5. The van der Waals surface area contributed by atoms with Gasteiger partial charge in [0.15, 0.2) is 0 Å². The Morgan fingerprint density at radius 2 is 2.03 bits per heavy atom. The highest BCUT2D eigenvalue weighted by atomic mass is 16.5. The van der Waals surface area contributed by atoms with Crippen LogP contribution in [0.1, 0.15) is 35.2 Å². The zero-order chi connectivity index (χ0) is 22.7. The van der Waals surface area contributed by atoms with Crippen LogP contribution in [0.4, 0.5) is 0 Å². The minimum Gasteiger partial charge on any atom is -0.497 e. The lowest BCUT2D eigenvalue weighted by atomic mass is 10.1. The zero-order valence-corrected chi connectivity index (χ0v) is 18.2. The summed E-state index contributed by atoms with van der Waals surface area (Å²) in [5, 5.41) is 3.51. The number of likely N-dealkylation sites (tertiary alicyclic amines) is 1. The van der Waals surface area contributed by atoms with Crippen LogP contribution in [-0.2, 0) is 18.4 Å². The molecule has 2 aromatic carbocycles. The Kier molecular flexibility index (Phi) is 6.20. The number of ether oxygens (including phenoxy) is 1. The van der Waals surface area contributed by atoms with Crippen molar-refractivity contribution in [1.29, 1.82) is 0 Å². The van der Waals surface area contributed by atoms with Crippen molar-refractivity contribution in [3.8, 4) is 5.75 Å². The molecule has 1 fully saturated rings. The quantitative estimate of drug-likeness (QED) is 0.665. The number of nitrogens with zero attached hydrogens (tertiary/aromatic N) is 3. The van der Waals surface area contributed by atoms with Crippen molar-refractivity contribution in [2.24, 2.45) is 7.05 Å². The molecule has 166 valence electrons. The fourth-order valence-corrected chi connectivity index (χ4v) is 3.96. The maximum atomic E-state index is 12.8. The second-order valence-electron chi connectivity index (χ2n) is 8.06. The molecule has 1 aliphatic heterocycles. The highest BCUT2D eigenvalue weighted by molar-refractivity contribution is 5.97. The number of rotatable bonds is 5. The normalized spacial score (nSPS) is 16.6. The molecule has 32 heavy (non-hydrogen) atoms. The number of benzene rings is 2. The van der Waals surface area contributed by atoms with Gasteiger partial charge in [-0.1, -0.05) is 12.1 Å². The first kappa shape index (κ1) is 21.5. The van der Waals surface area contributed by atoms with E-state index >= 15 is 0 Å². The van der Waals surface area contributed by atoms with Gasteiger partial charge in [-0.05, 0) is 48.7 Å². The predicted molar refractivity (Wildman–Crippen MR) is 121 cm³/mol. The van der Waals surface area contributed by atoms with Crippen LogP contribution in [0.25, 0.3) is 10.9 Å². The first-order valence-electron chi connectivity index (χ1n) is 10.6. The number of hydrogen-bond donors (Lipinski definition) is 1. The molecule has 1 aromatic heterocycles. The fraction of sp³-hybridized carbons (Fsp3) is 0.333. The Morgan fingerprint density at radius 3 is 2.84 bits per heavy atom. The van der Waals surface area contributed by atoms with Crippen molar-refractivity contribution in [2.75, 3.05) is 13.7 Å². The summed E-state index contributed by atoms with van der Waals surface area (Å²) >= 11 is 0. The van der Waals surface area contributed by atoms with E-state index in [9.17, 15) is 14.4 Å². The lowest BCUT2D eigenvalue weighted by molar-refractivity contribution is -0.131. The third-order valence-corrected chi connectivity index (χ3v) is 5.83. The minimum absolute atomic E-state index is 0.0790. The summed E-state index contributed by atoms with van der Waals surface area (Å²) in [6.07, 6.45) is 3.09. The second kappa shape index (κ2) is 9.21. The molecule has 0 aliphatic carbocycles. The van der Waals surface area contributed by atoms with Gasteiger partial charge >= 0.3 is 0 Å². The van der Waals surface area contributed by atoms with Crippen LogP contribution >= 0.6 is 0 Å². The Bertz CT molecular complexity index is 1220. The van der Waals surface area contributed by atoms with Crippen LogP contribution in [0, 0.1) is 0 Å². The third kappa shape index (κ3) is 4.64. The molecule has 1 saturated heterocycles. The maximum Gasteiger partial charge on any atom is 0.260 e. The van der Waals surface area contributed by atoms with Gasteiger partial charge in [0.1, 0.15) is 5.75 Å². The number of aryl methyl sites for hydroxylation is 1. The van der Waals surface area contributed by atoms with Gasteiger partial charge in [-0.3, -0.25) is 14.4 Å². The summed E-state index contributed by atoms with van der Waals surface area (Å²) in [5.74, 6) is 0.612. The number of methoxy groups -OCH3 is 1. The lowest BCUT2D eigenvalue weighted by Gasteiger charge is -2.21. The summed E-state index contributed by atoms with van der Waals surface area (Å²) in [7, 11) is 3.26. The van der Waals surface area contributed by atoms with E-state index in [1.54, 1.807) is 32.4 Å². The first-order chi connectivity index (χ1) is 15.4. The van der Waals surface area contributed by atoms with Gasteiger partial charge in [-0.15, -0.1) is 0 Å². The number of aromatic nitrogens is 2. The van der Waals surface area contributed by atoms with Crippen molar-refractivity contribution >= 4 is 22.7 Å². The van der Waals surface area contributed by atoms with Crippen molar-refractivity contribution in [1.82, 2.24) is 19.8 Å². The Labute approximate surface area is 185 Å². The molecule has 0 spiro atoms. The van der Waals surface area contributed by atoms with E-state index in [-0.39, 0.29) is 23.4 Å². The van der Waals surface area contributed by atoms with E-state index in [0.29, 0.717) is 48.8 Å². The Morgan fingerprint density at radius 1 is 1.19 bits per heavy atom. The van der Waals surface area contributed by atoms with E-state index in [4.69, 9.17) is 4.74 Å². The van der Waals surface area contributed by atoms with Gasteiger partial charge in [0, 0.05) is 38.2 Å². The molecule has 8 nitrogen and oxygen atoms in total. The first-order valence-corrected chi connectivity index (χ1v) is 10.6. The second-order valence-corrected chi connectivity index (χ2v) is 8.06. The van der Waals surface area contributed by atoms with Crippen molar-refractivity contribution in [3.63, 3.8) is 0 Å². The van der Waals surface area contributed by atoms with Gasteiger partial charge in [0.2, 0.25) is 5.91 Å². The topological polar surface area (TPSA) is 93.5 Å². The predicted octanol–water partition coefficient (Wildman–Crippen LogP) is 2.25. The summed E-state index contributed by atoms with van der Waals surface area (Å²) in [6.45, 7) is 1.08. The molecule has 1 atom stereocenters.